The van der Waals surface area contributed by atoms with Gasteiger partial charge in [0.25, 0.3) is 5.56 Å². The van der Waals surface area contributed by atoms with Gasteiger partial charge in [-0.25, -0.2) is 18.4 Å². The van der Waals surface area contributed by atoms with E-state index in [1.54, 1.807) is 13.0 Å². The number of H-pyrrole nitrogens is 2. The monoisotopic (exact) mass is 712 g/mol. The molecule has 0 spiro atoms. The molecule has 0 saturated carbocycles. The average Bonchev–Trinajstić information content (AvgIpc) is 3.12. The second kappa shape index (κ2) is 15.8. The number of anilines is 3. The van der Waals surface area contributed by atoms with E-state index in [9.17, 15) is 23.6 Å². The van der Waals surface area contributed by atoms with E-state index < -0.39 is 28.7 Å². The standard InChI is InChI=1S/C39H42F2N6O5/c1-4-25-20-28(13-8-24(25)3)42-33-23-34(48)47(39(51)44-33)15-7-6-14-45-16-18-46(19-17-45)32-22-31-29(21-30(32)41)37(49)35(38(50)52-5-2)36(43-31)26-9-11-27(40)12-10-26/h8-13,20-23,42H,4-7,14-19H2,1-3H3,(H,43,49)(H,44,51). The van der Waals surface area contributed by atoms with Crippen molar-refractivity contribution >= 4 is 34.1 Å². The summed E-state index contributed by atoms with van der Waals surface area (Å²) in [5.74, 6) is -1.56. The predicted octanol–water partition coefficient (Wildman–Crippen LogP) is 5.72. The van der Waals surface area contributed by atoms with Gasteiger partial charge in [0.15, 0.2) is 0 Å². The zero-order chi connectivity index (χ0) is 36.9. The van der Waals surface area contributed by atoms with Gasteiger partial charge in [-0.2, -0.15) is 0 Å². The van der Waals surface area contributed by atoms with Crippen LogP contribution in [0.4, 0.5) is 26.0 Å². The Bertz CT molecular complexity index is 2240. The van der Waals surface area contributed by atoms with Crippen LogP contribution in [0.5, 0.6) is 0 Å². The summed E-state index contributed by atoms with van der Waals surface area (Å²) in [6.07, 6.45) is 2.27. The maximum Gasteiger partial charge on any atom is 0.344 e. The number of hydrogen-bond acceptors (Lipinski definition) is 8. The highest BCUT2D eigenvalue weighted by molar-refractivity contribution is 6.00. The molecule has 1 aliphatic rings. The molecule has 3 heterocycles. The van der Waals surface area contributed by atoms with Gasteiger partial charge in [-0.15, -0.1) is 0 Å². The van der Waals surface area contributed by atoms with Gasteiger partial charge in [-0.05, 0) is 105 Å². The molecule has 0 bridgehead atoms. The van der Waals surface area contributed by atoms with Gasteiger partial charge in [-0.3, -0.25) is 24.0 Å². The Morgan fingerprint density at radius 2 is 1.62 bits per heavy atom. The van der Waals surface area contributed by atoms with Crippen LogP contribution in [0.3, 0.4) is 0 Å². The molecule has 3 N–H and O–H groups in total. The summed E-state index contributed by atoms with van der Waals surface area (Å²) >= 11 is 0. The van der Waals surface area contributed by atoms with E-state index >= 15 is 4.39 Å². The number of carbonyl (C=O) groups excluding carboxylic acids is 1. The highest BCUT2D eigenvalue weighted by Crippen LogP contribution is 2.29. The Labute approximate surface area is 298 Å². The van der Waals surface area contributed by atoms with Crippen molar-refractivity contribution < 1.29 is 18.3 Å². The highest BCUT2D eigenvalue weighted by atomic mass is 19.1. The number of piperazine rings is 1. The molecule has 11 nitrogen and oxygen atoms in total. The van der Waals surface area contributed by atoms with Crippen molar-refractivity contribution in [3.05, 3.63) is 120 Å². The minimum Gasteiger partial charge on any atom is -0.462 e. The van der Waals surface area contributed by atoms with Crippen molar-refractivity contribution in [2.24, 2.45) is 0 Å². The van der Waals surface area contributed by atoms with Crippen LogP contribution in [0.1, 0.15) is 48.2 Å². The van der Waals surface area contributed by atoms with Crippen LogP contribution in [0.25, 0.3) is 22.2 Å². The molecule has 0 amide bonds. The van der Waals surface area contributed by atoms with Crippen LogP contribution in [-0.2, 0) is 17.7 Å². The molecule has 52 heavy (non-hydrogen) atoms. The number of nitrogens with zero attached hydrogens (tertiary/aromatic N) is 3. The molecule has 0 atom stereocenters. The van der Waals surface area contributed by atoms with E-state index in [0.29, 0.717) is 55.2 Å². The van der Waals surface area contributed by atoms with Crippen LogP contribution in [0.15, 0.2) is 75.0 Å². The summed E-state index contributed by atoms with van der Waals surface area (Å²) in [6.45, 7) is 9.21. The lowest BCUT2D eigenvalue weighted by Crippen LogP contribution is -2.47. The molecule has 272 valence electrons. The predicted molar refractivity (Wildman–Crippen MR) is 199 cm³/mol. The Balaban J connectivity index is 1.08. The number of pyridine rings is 1. The van der Waals surface area contributed by atoms with Crippen LogP contribution in [-0.4, -0.2) is 64.7 Å². The Morgan fingerprint density at radius 3 is 2.31 bits per heavy atom. The van der Waals surface area contributed by atoms with Crippen molar-refractivity contribution in [3.63, 3.8) is 0 Å². The van der Waals surface area contributed by atoms with Crippen molar-refractivity contribution in [1.82, 2.24) is 19.4 Å². The molecule has 0 aliphatic carbocycles. The SMILES string of the molecule is CCOC(=O)c1c(-c2ccc(F)cc2)[nH]c2cc(N3CCN(CCCCn4c(=O)cc(Nc5ccc(C)c(CC)c5)[nH]c4=O)CC3)c(F)cc2c1=O. The molecular formula is C39H42F2N6O5. The molecule has 1 saturated heterocycles. The van der Waals surface area contributed by atoms with E-state index in [2.05, 4.69) is 27.1 Å². The minimum atomic E-state index is -0.848. The highest BCUT2D eigenvalue weighted by Gasteiger charge is 2.25. The molecule has 2 aromatic heterocycles. The first-order valence-electron chi connectivity index (χ1n) is 17.6. The second-order valence-electron chi connectivity index (χ2n) is 12.9. The number of benzene rings is 3. The van der Waals surface area contributed by atoms with Gasteiger partial charge >= 0.3 is 11.7 Å². The fourth-order valence-corrected chi connectivity index (χ4v) is 6.67. The molecule has 0 radical (unpaired) electrons. The Morgan fingerprint density at radius 1 is 0.885 bits per heavy atom. The number of esters is 1. The maximum absolute atomic E-state index is 15.6. The molecule has 3 aromatic carbocycles. The number of ether oxygens (including phenoxy) is 1. The van der Waals surface area contributed by atoms with Crippen LogP contribution in [0.2, 0.25) is 0 Å². The zero-order valence-corrected chi connectivity index (χ0v) is 29.5. The number of halogens is 2. The van der Waals surface area contributed by atoms with E-state index in [1.165, 1.54) is 46.0 Å². The number of aromatic amines is 2. The molecule has 6 rings (SSSR count). The first kappa shape index (κ1) is 36.2. The quantitative estimate of drug-likeness (QED) is 0.111. The Hall–Kier alpha value is -5.56. The van der Waals surface area contributed by atoms with E-state index in [4.69, 9.17) is 4.74 Å². The largest absolute Gasteiger partial charge is 0.462 e. The molecule has 1 fully saturated rings. The molecular weight excluding hydrogens is 670 g/mol. The molecule has 1 aliphatic heterocycles. The molecule has 5 aromatic rings. The number of fused-ring (bicyclic) bond motifs is 1. The summed E-state index contributed by atoms with van der Waals surface area (Å²) < 4.78 is 35.6. The van der Waals surface area contributed by atoms with Gasteiger partial charge < -0.3 is 19.9 Å². The number of unbranched alkanes of at least 4 members (excludes halogenated alkanes) is 1. The maximum atomic E-state index is 15.6. The number of hydrogen-bond donors (Lipinski definition) is 3. The molecule has 0 unspecified atom stereocenters. The minimum absolute atomic E-state index is 0.00878. The number of aromatic nitrogens is 3. The summed E-state index contributed by atoms with van der Waals surface area (Å²) in [6, 6.07) is 15.4. The third kappa shape index (κ3) is 7.84. The number of nitrogens with one attached hydrogen (secondary N) is 3. The summed E-state index contributed by atoms with van der Waals surface area (Å²) in [4.78, 5) is 62.0. The van der Waals surface area contributed by atoms with E-state index in [-0.39, 0.29) is 35.4 Å². The van der Waals surface area contributed by atoms with Crippen molar-refractivity contribution in [3.8, 4) is 11.3 Å². The fourth-order valence-electron chi connectivity index (χ4n) is 6.67. The van der Waals surface area contributed by atoms with E-state index in [0.717, 1.165) is 31.1 Å². The lowest BCUT2D eigenvalue weighted by Gasteiger charge is -2.36. The zero-order valence-electron chi connectivity index (χ0n) is 29.5. The van der Waals surface area contributed by atoms with Gasteiger partial charge in [0.05, 0.1) is 23.5 Å². The third-order valence-electron chi connectivity index (χ3n) is 9.53. The summed E-state index contributed by atoms with van der Waals surface area (Å²) in [5.41, 5.74) is 2.63. The second-order valence-corrected chi connectivity index (χ2v) is 12.9. The van der Waals surface area contributed by atoms with Crippen LogP contribution < -0.4 is 26.9 Å². The third-order valence-corrected chi connectivity index (χ3v) is 9.53. The van der Waals surface area contributed by atoms with Gasteiger partial charge in [0.2, 0.25) is 5.43 Å². The van der Waals surface area contributed by atoms with Crippen molar-refractivity contribution in [2.75, 3.05) is 49.5 Å². The van der Waals surface area contributed by atoms with Crippen molar-refractivity contribution in [2.45, 2.75) is 46.6 Å². The smallest absolute Gasteiger partial charge is 0.344 e. The van der Waals surface area contributed by atoms with Crippen LogP contribution >= 0.6 is 0 Å². The van der Waals surface area contributed by atoms with Crippen LogP contribution in [0, 0.1) is 18.6 Å². The lowest BCUT2D eigenvalue weighted by molar-refractivity contribution is 0.0525. The topological polar surface area (TPSA) is 133 Å². The van der Waals surface area contributed by atoms with E-state index in [1.807, 2.05) is 30.0 Å². The van der Waals surface area contributed by atoms with Crippen molar-refractivity contribution in [1.29, 1.82) is 0 Å². The first-order chi connectivity index (χ1) is 25.1. The molecule has 13 heteroatoms. The first-order valence-corrected chi connectivity index (χ1v) is 17.6. The lowest BCUT2D eigenvalue weighted by atomic mass is 10.0. The summed E-state index contributed by atoms with van der Waals surface area (Å²) in [5, 5.41) is 3.14. The number of aryl methyl sites for hydroxylation is 2. The number of carbonyl (C=O) groups is 1. The van der Waals surface area contributed by atoms with Gasteiger partial charge in [-0.1, -0.05) is 13.0 Å². The Kier molecular flexibility index (Phi) is 11.0. The van der Waals surface area contributed by atoms with Gasteiger partial charge in [0, 0.05) is 49.9 Å². The summed E-state index contributed by atoms with van der Waals surface area (Å²) in [7, 11) is 0. The number of rotatable bonds is 12. The fraction of sp³-hybridized carbons (Fsp3) is 0.333. The normalized spacial score (nSPS) is 13.4. The van der Waals surface area contributed by atoms with Gasteiger partial charge in [0.1, 0.15) is 23.0 Å². The average molecular weight is 713 g/mol.